The molecule has 1 aromatic heterocycles. The molecule has 2 heteroatoms. The van der Waals surface area contributed by atoms with Gasteiger partial charge in [0.1, 0.15) is 0 Å². The molecule has 11 heavy (non-hydrogen) atoms. The molecule has 1 aromatic carbocycles. The maximum absolute atomic E-state index is 2.16. The van der Waals surface area contributed by atoms with Crippen molar-refractivity contribution >= 4 is 36.8 Å². The Labute approximate surface area is 78.9 Å². The van der Waals surface area contributed by atoms with E-state index in [0.717, 1.165) is 0 Å². The van der Waals surface area contributed by atoms with Crippen molar-refractivity contribution in [3.05, 3.63) is 30.5 Å². The van der Waals surface area contributed by atoms with Crippen molar-refractivity contribution in [1.82, 2.24) is 4.57 Å². The first-order valence-corrected chi connectivity index (χ1v) is 4.66. The molecule has 0 aliphatic heterocycles. The third kappa shape index (κ3) is 1.07. The number of rotatable bonds is 0. The van der Waals surface area contributed by atoms with E-state index in [4.69, 9.17) is 0 Å². The molecule has 0 bridgehead atoms. The summed E-state index contributed by atoms with van der Waals surface area (Å²) >= 11 is 2.07. The van der Waals surface area contributed by atoms with E-state index in [9.17, 15) is 0 Å². The van der Waals surface area contributed by atoms with Gasteiger partial charge >= 0.3 is 78.9 Å². The fourth-order valence-electron chi connectivity index (χ4n) is 1.30. The van der Waals surface area contributed by atoms with Crippen LogP contribution in [0.15, 0.2) is 30.5 Å². The van der Waals surface area contributed by atoms with Gasteiger partial charge in [-0.3, -0.25) is 0 Å². The molecule has 0 N–H and O–H groups in total. The normalized spacial score (nSPS) is 10.6. The van der Waals surface area contributed by atoms with Gasteiger partial charge in [-0.25, -0.2) is 0 Å². The zero-order valence-electron chi connectivity index (χ0n) is 6.24. The Kier molecular flexibility index (Phi) is 1.67. The summed E-state index contributed by atoms with van der Waals surface area (Å²) in [5.74, 6) is 0. The van der Waals surface area contributed by atoms with Crippen LogP contribution in [0.2, 0.25) is 0 Å². The predicted molar refractivity (Wildman–Crippen MR) is 48.3 cm³/mol. The van der Waals surface area contributed by atoms with Crippen LogP contribution in [0.1, 0.15) is 0 Å². The van der Waals surface area contributed by atoms with Crippen LogP contribution in [0.25, 0.3) is 10.9 Å². The van der Waals surface area contributed by atoms with Gasteiger partial charge in [-0.05, 0) is 0 Å². The third-order valence-corrected chi connectivity index (χ3v) is 2.79. The van der Waals surface area contributed by atoms with E-state index < -0.39 is 0 Å². The summed E-state index contributed by atoms with van der Waals surface area (Å²) in [7, 11) is 2.08. The van der Waals surface area contributed by atoms with Crippen LogP contribution in [0.5, 0.6) is 0 Å². The molecule has 1 radical (unpaired) electrons. The average molecular weight is 258 g/mol. The summed E-state index contributed by atoms with van der Waals surface area (Å²) < 4.78 is 3.52. The van der Waals surface area contributed by atoms with Crippen molar-refractivity contribution in [3.8, 4) is 0 Å². The van der Waals surface area contributed by atoms with Gasteiger partial charge in [0.25, 0.3) is 0 Å². The van der Waals surface area contributed by atoms with E-state index in [1.54, 1.807) is 0 Å². The fourth-order valence-corrected chi connectivity index (χ4v) is 2.25. The van der Waals surface area contributed by atoms with Gasteiger partial charge in [0, 0.05) is 0 Å². The molecule has 0 atom stereocenters. The third-order valence-electron chi connectivity index (χ3n) is 1.86. The topological polar surface area (TPSA) is 4.93 Å². The Morgan fingerprint density at radius 2 is 2.00 bits per heavy atom. The van der Waals surface area contributed by atoms with Gasteiger partial charge in [0.2, 0.25) is 0 Å². The molecular weight excluding hydrogens is 250 g/mol. The number of benzene rings is 1. The van der Waals surface area contributed by atoms with E-state index in [0.29, 0.717) is 0 Å². The van der Waals surface area contributed by atoms with Gasteiger partial charge < -0.3 is 0 Å². The second kappa shape index (κ2) is 2.55. The van der Waals surface area contributed by atoms with Crippen molar-refractivity contribution in [1.29, 1.82) is 0 Å². The molecule has 0 amide bonds. The van der Waals surface area contributed by atoms with Crippen molar-refractivity contribution in [2.45, 2.75) is 0 Å². The molecule has 1 heterocycles. The fraction of sp³-hybridized carbons (Fsp3) is 0.111. The number of hydrogen-bond acceptors (Lipinski definition) is 0. The van der Waals surface area contributed by atoms with E-state index in [-0.39, 0.29) is 0 Å². The van der Waals surface area contributed by atoms with Gasteiger partial charge in [0.05, 0.1) is 0 Å². The second-order valence-corrected chi connectivity index (χ2v) is 3.88. The molecule has 1 nitrogen and oxygen atoms in total. The number of aromatic nitrogens is 1. The van der Waals surface area contributed by atoms with E-state index >= 15 is 0 Å². The van der Waals surface area contributed by atoms with Crippen molar-refractivity contribution < 1.29 is 0 Å². The summed E-state index contributed by atoms with van der Waals surface area (Å²) in [5, 5.41) is 1.36. The Morgan fingerprint density at radius 1 is 1.27 bits per heavy atom. The summed E-state index contributed by atoms with van der Waals surface area (Å²) in [5.41, 5.74) is 1.31. The minimum absolute atomic E-state index is 1.31. The van der Waals surface area contributed by atoms with E-state index in [1.165, 1.54) is 14.5 Å². The summed E-state index contributed by atoms with van der Waals surface area (Å²) in [6.45, 7) is 0. The van der Waals surface area contributed by atoms with Crippen LogP contribution in [0.4, 0.5) is 0 Å². The number of nitrogens with zero attached hydrogens (tertiary/aromatic N) is 1. The van der Waals surface area contributed by atoms with Gasteiger partial charge in [-0.1, -0.05) is 0 Å². The number of fused-ring (bicyclic) bond motifs is 1. The number of aryl methyl sites for hydroxylation is 1. The molecule has 0 spiro atoms. The van der Waals surface area contributed by atoms with Crippen LogP contribution >= 0.6 is 0 Å². The van der Waals surface area contributed by atoms with Crippen molar-refractivity contribution in [2.24, 2.45) is 7.05 Å². The second-order valence-electron chi connectivity index (χ2n) is 2.62. The molecule has 0 unspecified atom stereocenters. The van der Waals surface area contributed by atoms with Crippen LogP contribution < -0.4 is 3.61 Å². The van der Waals surface area contributed by atoms with Gasteiger partial charge in [-0.2, -0.15) is 0 Å². The maximum atomic E-state index is 2.16. The SMILES string of the molecule is Cn1cc([Te])c2ccccc21. The first-order valence-electron chi connectivity index (χ1n) is 3.50. The summed E-state index contributed by atoms with van der Waals surface area (Å²) in [6, 6.07) is 8.46. The van der Waals surface area contributed by atoms with Crippen molar-refractivity contribution in [3.63, 3.8) is 0 Å². The Bertz CT molecular complexity index is 353. The summed E-state index contributed by atoms with van der Waals surface area (Å²) in [6.07, 6.45) is 2.16. The van der Waals surface area contributed by atoms with Crippen LogP contribution in [0.3, 0.4) is 0 Å². The van der Waals surface area contributed by atoms with Gasteiger partial charge in [-0.15, -0.1) is 0 Å². The van der Waals surface area contributed by atoms with E-state index in [1.807, 2.05) is 0 Å². The molecule has 0 aliphatic carbocycles. The molecular formula is C9H8NTe. The van der Waals surface area contributed by atoms with Crippen LogP contribution in [0, 0.1) is 0 Å². The Morgan fingerprint density at radius 3 is 2.73 bits per heavy atom. The first-order chi connectivity index (χ1) is 5.29. The molecule has 0 saturated heterocycles. The number of hydrogen-bond donors (Lipinski definition) is 0. The van der Waals surface area contributed by atoms with Crippen molar-refractivity contribution in [2.75, 3.05) is 0 Å². The standard InChI is InChI=1S/C9H8NTe/c1-10-6-9(11)7-4-2-3-5-8(7)10/h2-6H,1H3. The predicted octanol–water partition coefficient (Wildman–Crippen LogP) is 0.972. The molecule has 0 aliphatic rings. The zero-order valence-corrected chi connectivity index (χ0v) is 8.57. The summed E-state index contributed by atoms with van der Waals surface area (Å²) in [4.78, 5) is 0. The molecule has 2 rings (SSSR count). The van der Waals surface area contributed by atoms with Gasteiger partial charge in [0.15, 0.2) is 0 Å². The Balaban J connectivity index is 2.95. The minimum atomic E-state index is 1.31. The number of para-hydroxylation sites is 1. The van der Waals surface area contributed by atoms with Crippen LogP contribution in [-0.2, 0) is 7.05 Å². The first kappa shape index (κ1) is 7.21. The quantitative estimate of drug-likeness (QED) is 0.620. The molecule has 2 aromatic rings. The molecule has 55 valence electrons. The molecule has 0 saturated carbocycles. The zero-order chi connectivity index (χ0) is 7.84. The van der Waals surface area contributed by atoms with Crippen LogP contribution in [-0.4, -0.2) is 26.9 Å². The Hall–Kier alpha value is -0.450. The van der Waals surface area contributed by atoms with E-state index in [2.05, 4.69) is 64.4 Å². The monoisotopic (exact) mass is 260 g/mol. The average Bonchev–Trinajstić information content (AvgIpc) is 2.30. The molecule has 0 fully saturated rings.